The predicted molar refractivity (Wildman–Crippen MR) is 106 cm³/mol. The summed E-state index contributed by atoms with van der Waals surface area (Å²) in [5.41, 5.74) is 3.05. The largest absolute Gasteiger partial charge is 0.325 e. The topological polar surface area (TPSA) is 72.0 Å². The third-order valence-electron chi connectivity index (χ3n) is 4.02. The summed E-state index contributed by atoms with van der Waals surface area (Å²) in [5, 5.41) is 3.16. The van der Waals surface area contributed by atoms with E-state index in [-0.39, 0.29) is 11.7 Å². The number of nitrogens with zero attached hydrogens (tertiary/aromatic N) is 2. The van der Waals surface area contributed by atoms with Gasteiger partial charge in [-0.05, 0) is 45.2 Å². The van der Waals surface area contributed by atoms with E-state index in [4.69, 9.17) is 0 Å². The van der Waals surface area contributed by atoms with Gasteiger partial charge < -0.3 is 5.32 Å². The van der Waals surface area contributed by atoms with Gasteiger partial charge in [0.05, 0.1) is 16.5 Å². The Morgan fingerprint density at radius 3 is 2.35 bits per heavy atom. The van der Waals surface area contributed by atoms with Crippen LogP contribution in [-0.4, -0.2) is 26.9 Å². The molecule has 1 N–H and O–H groups in total. The van der Waals surface area contributed by atoms with E-state index < -0.39 is 5.25 Å². The molecule has 0 saturated heterocycles. The van der Waals surface area contributed by atoms with Crippen LogP contribution in [-0.2, 0) is 4.79 Å². The molecule has 1 amide bonds. The molecule has 1 aromatic heterocycles. The van der Waals surface area contributed by atoms with Crippen molar-refractivity contribution >= 4 is 29.1 Å². The summed E-state index contributed by atoms with van der Waals surface area (Å²) in [5.74, 6) is 0.688. The van der Waals surface area contributed by atoms with Crippen molar-refractivity contribution in [2.75, 3.05) is 5.32 Å². The zero-order valence-corrected chi connectivity index (χ0v) is 16.9. The fourth-order valence-corrected chi connectivity index (χ4v) is 3.84. The fraction of sp³-hybridized carbons (Fsp3) is 0.400. The maximum absolute atomic E-state index is 12.7. The molecule has 0 saturated carbocycles. The summed E-state index contributed by atoms with van der Waals surface area (Å²) in [4.78, 5) is 33.3. The lowest BCUT2D eigenvalue weighted by Crippen LogP contribution is -2.24. The highest BCUT2D eigenvalue weighted by atomic mass is 32.2. The van der Waals surface area contributed by atoms with Crippen LogP contribution in [0.3, 0.4) is 0 Å². The van der Waals surface area contributed by atoms with E-state index in [9.17, 15) is 9.59 Å². The molecule has 0 radical (unpaired) electrons. The maximum atomic E-state index is 12.7. The molecule has 26 heavy (non-hydrogen) atoms. The minimum absolute atomic E-state index is 0.0947. The summed E-state index contributed by atoms with van der Waals surface area (Å²) in [6.07, 6.45) is 0. The maximum Gasteiger partial charge on any atom is 0.237 e. The lowest BCUT2D eigenvalue weighted by atomic mass is 10.0. The van der Waals surface area contributed by atoms with Gasteiger partial charge in [-0.15, -0.1) is 0 Å². The Morgan fingerprint density at radius 1 is 1.08 bits per heavy atom. The van der Waals surface area contributed by atoms with Gasteiger partial charge in [-0.3, -0.25) is 9.59 Å². The van der Waals surface area contributed by atoms with Crippen molar-refractivity contribution in [2.24, 2.45) is 0 Å². The molecule has 2 rings (SSSR count). The number of hydrogen-bond acceptors (Lipinski definition) is 5. The number of benzene rings is 1. The van der Waals surface area contributed by atoms with Gasteiger partial charge >= 0.3 is 0 Å². The summed E-state index contributed by atoms with van der Waals surface area (Å²) >= 11 is 1.28. The van der Waals surface area contributed by atoms with Crippen molar-refractivity contribution in [1.82, 2.24) is 9.97 Å². The predicted octanol–water partition coefficient (Wildman–Crippen LogP) is 4.54. The quantitative estimate of drug-likeness (QED) is 0.458. The van der Waals surface area contributed by atoms with Crippen LogP contribution >= 0.6 is 11.8 Å². The monoisotopic (exact) mass is 371 g/mol. The van der Waals surface area contributed by atoms with Crippen molar-refractivity contribution in [3.8, 4) is 0 Å². The number of Topliss-reactive ketones (excluding diaryl/α,β-unsaturated/α-hetero) is 1. The van der Waals surface area contributed by atoms with Crippen molar-refractivity contribution < 1.29 is 9.59 Å². The van der Waals surface area contributed by atoms with Crippen LogP contribution in [0.25, 0.3) is 0 Å². The minimum atomic E-state index is -0.401. The summed E-state index contributed by atoms with van der Waals surface area (Å²) in [6.45, 7) is 11.1. The Bertz CT molecular complexity index is 834. The van der Waals surface area contributed by atoms with Crippen molar-refractivity contribution in [3.05, 3.63) is 46.9 Å². The molecule has 1 unspecified atom stereocenters. The zero-order chi connectivity index (χ0) is 19.4. The third-order valence-corrected chi connectivity index (χ3v) is 5.11. The van der Waals surface area contributed by atoms with Crippen LogP contribution in [0.2, 0.25) is 0 Å². The number of carbonyl (C=O) groups is 2. The fourth-order valence-electron chi connectivity index (χ4n) is 2.74. The Morgan fingerprint density at radius 2 is 1.73 bits per heavy atom. The number of nitrogens with one attached hydrogen (secondary N) is 1. The lowest BCUT2D eigenvalue weighted by Gasteiger charge is -2.17. The highest BCUT2D eigenvalue weighted by molar-refractivity contribution is 8.00. The molecule has 0 aliphatic carbocycles. The number of thioether (sulfide) groups is 1. The van der Waals surface area contributed by atoms with Crippen LogP contribution in [0.1, 0.15) is 61.1 Å². The van der Waals surface area contributed by atoms with Gasteiger partial charge in [0.25, 0.3) is 0 Å². The Hall–Kier alpha value is -2.21. The molecule has 1 atom stereocenters. The molecule has 5 nitrogen and oxygen atoms in total. The number of hydrogen-bond donors (Lipinski definition) is 1. The number of aromatic nitrogens is 2. The summed E-state index contributed by atoms with van der Waals surface area (Å²) in [7, 11) is 0. The SMILES string of the molecule is CC(=O)c1c(C)nc(C)nc1SC(C)C(=O)Nc1ccccc1C(C)C. The van der Waals surface area contributed by atoms with E-state index in [1.807, 2.05) is 31.2 Å². The van der Waals surface area contributed by atoms with Gasteiger partial charge in [-0.1, -0.05) is 43.8 Å². The molecule has 2 aromatic rings. The molecule has 6 heteroatoms. The Labute approximate surface area is 159 Å². The first-order valence-electron chi connectivity index (χ1n) is 8.63. The summed E-state index contributed by atoms with van der Waals surface area (Å²) < 4.78 is 0. The van der Waals surface area contributed by atoms with E-state index >= 15 is 0 Å². The van der Waals surface area contributed by atoms with Crippen LogP contribution in [0, 0.1) is 13.8 Å². The average Bonchev–Trinajstić information content (AvgIpc) is 2.53. The molecular formula is C20H25N3O2S. The first kappa shape index (κ1) is 20.1. The molecule has 0 aliphatic rings. The smallest absolute Gasteiger partial charge is 0.237 e. The second-order valence-electron chi connectivity index (χ2n) is 6.58. The molecule has 1 aromatic carbocycles. The Kier molecular flexibility index (Phi) is 6.53. The van der Waals surface area contributed by atoms with Gasteiger partial charge in [0.15, 0.2) is 5.78 Å². The van der Waals surface area contributed by atoms with E-state index in [1.54, 1.807) is 13.8 Å². The number of ketones is 1. The van der Waals surface area contributed by atoms with Crippen molar-refractivity contribution in [2.45, 2.75) is 57.7 Å². The van der Waals surface area contributed by atoms with Crippen LogP contribution in [0.15, 0.2) is 29.3 Å². The second kappa shape index (κ2) is 8.45. The van der Waals surface area contributed by atoms with Crippen LogP contribution in [0.5, 0.6) is 0 Å². The number of aryl methyl sites for hydroxylation is 2. The van der Waals surface area contributed by atoms with E-state index in [0.29, 0.717) is 28.0 Å². The first-order chi connectivity index (χ1) is 12.2. The number of anilines is 1. The van der Waals surface area contributed by atoms with E-state index in [1.165, 1.54) is 18.7 Å². The third kappa shape index (κ3) is 4.69. The molecular weight excluding hydrogens is 346 g/mol. The second-order valence-corrected chi connectivity index (χ2v) is 7.91. The van der Waals surface area contributed by atoms with Crippen molar-refractivity contribution in [1.29, 1.82) is 0 Å². The first-order valence-corrected chi connectivity index (χ1v) is 9.51. The molecule has 0 spiro atoms. The zero-order valence-electron chi connectivity index (χ0n) is 16.1. The number of rotatable bonds is 6. The number of carbonyl (C=O) groups excluding carboxylic acids is 2. The van der Waals surface area contributed by atoms with Gasteiger partial charge in [0, 0.05) is 5.69 Å². The normalized spacial score (nSPS) is 12.1. The highest BCUT2D eigenvalue weighted by Crippen LogP contribution is 2.29. The molecule has 0 bridgehead atoms. The summed E-state index contributed by atoms with van der Waals surface area (Å²) in [6, 6.07) is 7.80. The van der Waals surface area contributed by atoms with Gasteiger partial charge in [-0.25, -0.2) is 9.97 Å². The standard InChI is InChI=1S/C20H25N3O2S/c1-11(2)16-9-7-8-10-17(16)23-19(25)14(5)26-20-18(13(4)24)12(3)21-15(6)22-20/h7-11,14H,1-6H3,(H,23,25). The van der Waals surface area contributed by atoms with Gasteiger partial charge in [0.2, 0.25) is 5.91 Å². The van der Waals surface area contributed by atoms with Crippen LogP contribution < -0.4 is 5.32 Å². The Balaban J connectivity index is 2.22. The molecule has 0 fully saturated rings. The lowest BCUT2D eigenvalue weighted by molar-refractivity contribution is -0.115. The molecule has 1 heterocycles. The van der Waals surface area contributed by atoms with E-state index in [2.05, 4.69) is 29.1 Å². The van der Waals surface area contributed by atoms with E-state index in [0.717, 1.165) is 11.3 Å². The minimum Gasteiger partial charge on any atom is -0.325 e. The van der Waals surface area contributed by atoms with Crippen LogP contribution in [0.4, 0.5) is 5.69 Å². The molecule has 0 aliphatic heterocycles. The number of amides is 1. The van der Waals surface area contributed by atoms with Gasteiger partial charge in [0.1, 0.15) is 10.9 Å². The van der Waals surface area contributed by atoms with Crippen molar-refractivity contribution in [3.63, 3.8) is 0 Å². The average molecular weight is 372 g/mol. The number of para-hydroxylation sites is 1. The van der Waals surface area contributed by atoms with Gasteiger partial charge in [-0.2, -0.15) is 0 Å². The highest BCUT2D eigenvalue weighted by Gasteiger charge is 2.22. The molecule has 138 valence electrons.